The van der Waals surface area contributed by atoms with E-state index in [4.69, 9.17) is 4.74 Å². The van der Waals surface area contributed by atoms with Gasteiger partial charge in [0, 0.05) is 10.2 Å². The third kappa shape index (κ3) is 5.36. The van der Waals surface area contributed by atoms with E-state index in [1.54, 1.807) is 19.1 Å². The molecular formula is C13H14BrF3O2S. The Balaban J connectivity index is 3.17. The zero-order chi connectivity index (χ0) is 15.2. The molecule has 0 unspecified atom stereocenters. The largest absolute Gasteiger partial charge is 0.462 e. The molecule has 1 rings (SSSR count). The van der Waals surface area contributed by atoms with Crippen LogP contribution < -0.4 is 0 Å². The van der Waals surface area contributed by atoms with Crippen molar-refractivity contribution >= 4 is 33.7 Å². The Kier molecular flexibility index (Phi) is 6.88. The molecule has 112 valence electrons. The lowest BCUT2D eigenvalue weighted by Crippen LogP contribution is -2.10. The summed E-state index contributed by atoms with van der Waals surface area (Å²) in [7, 11) is 0. The van der Waals surface area contributed by atoms with Gasteiger partial charge in [0.2, 0.25) is 0 Å². The number of carbonyl (C=O) groups is 1. The van der Waals surface area contributed by atoms with Gasteiger partial charge in [-0.25, -0.2) is 4.79 Å². The van der Waals surface area contributed by atoms with Crippen LogP contribution in [0.4, 0.5) is 13.2 Å². The number of halogens is 4. The molecule has 0 heterocycles. The summed E-state index contributed by atoms with van der Waals surface area (Å²) in [6.45, 7) is 1.74. The molecule has 2 nitrogen and oxygen atoms in total. The Morgan fingerprint density at radius 3 is 2.65 bits per heavy atom. The lowest BCUT2D eigenvalue weighted by Gasteiger charge is -2.14. The fourth-order valence-corrected chi connectivity index (χ4v) is 2.72. The molecule has 0 aliphatic carbocycles. The zero-order valence-electron chi connectivity index (χ0n) is 10.8. The van der Waals surface area contributed by atoms with Crippen LogP contribution in [0, 0.1) is 0 Å². The standard InChI is InChI=1S/C13H14BrF3O2S/c1-2-19-12(18)10-7-3-5-9(6-4-8-14)11(10)20-13(15,16)17/h3,5,7H,2,4,6,8H2,1H3. The predicted octanol–water partition coefficient (Wildman–Crippen LogP) is 4.80. The highest BCUT2D eigenvalue weighted by Crippen LogP contribution is 2.41. The van der Waals surface area contributed by atoms with Crippen molar-refractivity contribution in [1.82, 2.24) is 0 Å². The highest BCUT2D eigenvalue weighted by Gasteiger charge is 2.33. The lowest BCUT2D eigenvalue weighted by atomic mass is 10.1. The van der Waals surface area contributed by atoms with Crippen molar-refractivity contribution < 1.29 is 22.7 Å². The molecule has 0 atom stereocenters. The average Bonchev–Trinajstić information content (AvgIpc) is 2.36. The van der Waals surface area contributed by atoms with Crippen LogP contribution >= 0.6 is 27.7 Å². The van der Waals surface area contributed by atoms with Gasteiger partial charge >= 0.3 is 11.5 Å². The van der Waals surface area contributed by atoms with Crippen LogP contribution in [0.3, 0.4) is 0 Å². The molecule has 0 saturated carbocycles. The van der Waals surface area contributed by atoms with Gasteiger partial charge in [0.25, 0.3) is 0 Å². The monoisotopic (exact) mass is 370 g/mol. The topological polar surface area (TPSA) is 26.3 Å². The maximum absolute atomic E-state index is 12.7. The van der Waals surface area contributed by atoms with E-state index >= 15 is 0 Å². The van der Waals surface area contributed by atoms with E-state index in [1.165, 1.54) is 6.07 Å². The molecule has 1 aromatic carbocycles. The van der Waals surface area contributed by atoms with E-state index in [9.17, 15) is 18.0 Å². The van der Waals surface area contributed by atoms with Crippen LogP contribution in [0.5, 0.6) is 0 Å². The van der Waals surface area contributed by atoms with Crippen LogP contribution in [0.1, 0.15) is 29.3 Å². The number of ether oxygens (including phenoxy) is 1. The minimum atomic E-state index is -4.44. The highest BCUT2D eigenvalue weighted by atomic mass is 79.9. The van der Waals surface area contributed by atoms with E-state index in [2.05, 4.69) is 15.9 Å². The molecule has 0 fully saturated rings. The molecule has 0 bridgehead atoms. The van der Waals surface area contributed by atoms with E-state index < -0.39 is 11.5 Å². The van der Waals surface area contributed by atoms with Crippen LogP contribution in [0.2, 0.25) is 0 Å². The van der Waals surface area contributed by atoms with Gasteiger partial charge in [-0.1, -0.05) is 28.1 Å². The Labute approximate surface area is 128 Å². The summed E-state index contributed by atoms with van der Waals surface area (Å²) in [4.78, 5) is 11.7. The summed E-state index contributed by atoms with van der Waals surface area (Å²) >= 11 is 2.99. The van der Waals surface area contributed by atoms with Gasteiger partial charge in [-0.3, -0.25) is 0 Å². The van der Waals surface area contributed by atoms with Gasteiger partial charge in [0.05, 0.1) is 12.2 Å². The van der Waals surface area contributed by atoms with Crippen LogP contribution in [0.15, 0.2) is 23.1 Å². The zero-order valence-corrected chi connectivity index (χ0v) is 13.2. The van der Waals surface area contributed by atoms with E-state index in [1.807, 2.05) is 0 Å². The van der Waals surface area contributed by atoms with Crippen molar-refractivity contribution in [3.8, 4) is 0 Å². The predicted molar refractivity (Wildman–Crippen MR) is 76.4 cm³/mol. The molecule has 0 N–H and O–H groups in total. The van der Waals surface area contributed by atoms with Crippen LogP contribution in [-0.2, 0) is 11.2 Å². The third-order valence-corrected chi connectivity index (χ3v) is 3.87. The summed E-state index contributed by atoms with van der Waals surface area (Å²) in [6.07, 6.45) is 1.16. The Hall–Kier alpha value is -0.690. The number of rotatable bonds is 6. The first-order valence-electron chi connectivity index (χ1n) is 5.99. The van der Waals surface area contributed by atoms with Crippen LogP contribution in [-0.4, -0.2) is 23.4 Å². The number of aryl methyl sites for hydroxylation is 1. The molecule has 0 aromatic heterocycles. The van der Waals surface area contributed by atoms with Gasteiger partial charge < -0.3 is 4.74 Å². The lowest BCUT2D eigenvalue weighted by molar-refractivity contribution is -0.0328. The molecule has 0 saturated heterocycles. The first-order valence-corrected chi connectivity index (χ1v) is 7.93. The molecule has 0 radical (unpaired) electrons. The summed E-state index contributed by atoms with van der Waals surface area (Å²) in [6, 6.07) is 4.55. The summed E-state index contributed by atoms with van der Waals surface area (Å²) in [5.41, 5.74) is -3.95. The second kappa shape index (κ2) is 7.93. The average molecular weight is 371 g/mol. The molecule has 1 aromatic rings. The first-order chi connectivity index (χ1) is 9.39. The van der Waals surface area contributed by atoms with Gasteiger partial charge in [-0.15, -0.1) is 0 Å². The molecule has 0 aliphatic heterocycles. The summed E-state index contributed by atoms with van der Waals surface area (Å²) in [5, 5.41) is 0.687. The molecule has 0 spiro atoms. The maximum atomic E-state index is 12.7. The van der Waals surface area contributed by atoms with E-state index in [0.29, 0.717) is 23.7 Å². The normalized spacial score (nSPS) is 11.4. The number of thioether (sulfide) groups is 1. The number of hydrogen-bond donors (Lipinski definition) is 0. The smallest absolute Gasteiger partial charge is 0.446 e. The van der Waals surface area contributed by atoms with Crippen molar-refractivity contribution in [2.45, 2.75) is 30.2 Å². The molecular weight excluding hydrogens is 357 g/mol. The second-order valence-corrected chi connectivity index (χ2v) is 5.72. The van der Waals surface area contributed by atoms with Crippen molar-refractivity contribution in [3.63, 3.8) is 0 Å². The molecule has 0 amide bonds. The second-order valence-electron chi connectivity index (χ2n) is 3.85. The van der Waals surface area contributed by atoms with Gasteiger partial charge in [0.15, 0.2) is 0 Å². The summed E-state index contributed by atoms with van der Waals surface area (Å²) in [5.74, 6) is -0.722. The Morgan fingerprint density at radius 1 is 1.40 bits per heavy atom. The Bertz CT molecular complexity index is 463. The fraction of sp³-hybridized carbons (Fsp3) is 0.462. The van der Waals surface area contributed by atoms with Gasteiger partial charge in [0.1, 0.15) is 0 Å². The summed E-state index contributed by atoms with van der Waals surface area (Å²) < 4.78 is 42.8. The number of hydrogen-bond acceptors (Lipinski definition) is 3. The van der Waals surface area contributed by atoms with Crippen molar-refractivity contribution in [2.75, 3.05) is 11.9 Å². The van der Waals surface area contributed by atoms with Crippen molar-refractivity contribution in [1.29, 1.82) is 0 Å². The first kappa shape index (κ1) is 17.4. The molecule has 7 heteroatoms. The number of esters is 1. The van der Waals surface area contributed by atoms with Crippen molar-refractivity contribution in [2.24, 2.45) is 0 Å². The number of carbonyl (C=O) groups excluding carboxylic acids is 1. The van der Waals surface area contributed by atoms with Crippen molar-refractivity contribution in [3.05, 3.63) is 29.3 Å². The van der Waals surface area contributed by atoms with Gasteiger partial charge in [-0.05, 0) is 43.2 Å². The van der Waals surface area contributed by atoms with Gasteiger partial charge in [-0.2, -0.15) is 13.2 Å². The quantitative estimate of drug-likeness (QED) is 0.408. The molecule has 0 aliphatic rings. The SMILES string of the molecule is CCOC(=O)c1cccc(CCCBr)c1SC(F)(F)F. The van der Waals surface area contributed by atoms with E-state index in [0.717, 1.165) is 0 Å². The third-order valence-electron chi connectivity index (χ3n) is 2.39. The molecule has 20 heavy (non-hydrogen) atoms. The highest BCUT2D eigenvalue weighted by molar-refractivity contribution is 9.09. The minimum absolute atomic E-state index is 0.0266. The number of benzene rings is 1. The van der Waals surface area contributed by atoms with Crippen LogP contribution in [0.25, 0.3) is 0 Å². The van der Waals surface area contributed by atoms with E-state index in [-0.39, 0.29) is 28.8 Å². The Morgan fingerprint density at radius 2 is 2.10 bits per heavy atom. The number of alkyl halides is 4. The fourth-order valence-electron chi connectivity index (χ4n) is 1.64. The minimum Gasteiger partial charge on any atom is -0.462 e. The maximum Gasteiger partial charge on any atom is 0.446 e.